The maximum atomic E-state index is 11.2. The lowest BCUT2D eigenvalue weighted by molar-refractivity contribution is 0.898. The number of nitrogens with one attached hydrogen (secondary N) is 2. The van der Waals surface area contributed by atoms with Crippen molar-refractivity contribution in [1.82, 2.24) is 9.97 Å². The van der Waals surface area contributed by atoms with Crippen LogP contribution in [0.25, 0.3) is 0 Å². The van der Waals surface area contributed by atoms with Crippen LogP contribution >= 0.6 is 12.2 Å². The Bertz CT molecular complexity index is 391. The van der Waals surface area contributed by atoms with Gasteiger partial charge in [0.25, 0.3) is 5.56 Å². The van der Waals surface area contributed by atoms with E-state index in [0.29, 0.717) is 4.77 Å². The van der Waals surface area contributed by atoms with E-state index in [4.69, 9.17) is 12.2 Å². The average Bonchev–Trinajstić information content (AvgIpc) is 2.55. The van der Waals surface area contributed by atoms with Gasteiger partial charge in [0.05, 0.1) is 0 Å². The van der Waals surface area contributed by atoms with Crippen LogP contribution in [0.2, 0.25) is 0 Å². The molecule has 2 N–H and O–H groups in total. The molecule has 0 spiro atoms. The van der Waals surface area contributed by atoms with Crippen LogP contribution in [0.3, 0.4) is 0 Å². The Morgan fingerprint density at radius 1 is 1.23 bits per heavy atom. The smallest absolute Gasteiger partial charge is 0.255 e. The summed E-state index contributed by atoms with van der Waals surface area (Å²) in [6.45, 7) is 4.00. The molecule has 1 aromatic rings. The summed E-state index contributed by atoms with van der Waals surface area (Å²) < 4.78 is 0.440. The van der Waals surface area contributed by atoms with E-state index in [9.17, 15) is 4.79 Å². The molecule has 0 saturated carbocycles. The van der Waals surface area contributed by atoms with E-state index in [0.717, 1.165) is 30.5 Å². The van der Waals surface area contributed by atoms with Crippen molar-refractivity contribution >= 4 is 12.2 Å². The zero-order valence-electron chi connectivity index (χ0n) is 7.94. The number of aromatic amines is 2. The summed E-state index contributed by atoms with van der Waals surface area (Å²) in [4.78, 5) is 16.8. The number of H-pyrrole nitrogens is 2. The Morgan fingerprint density at radius 2 is 1.92 bits per heavy atom. The van der Waals surface area contributed by atoms with Gasteiger partial charge in [-0.05, 0) is 31.5 Å². The van der Waals surface area contributed by atoms with Gasteiger partial charge in [0.15, 0.2) is 4.77 Å². The molecule has 0 radical (unpaired) electrons. The minimum absolute atomic E-state index is 0.0127. The van der Waals surface area contributed by atoms with Crippen LogP contribution in [-0.2, 0) is 12.8 Å². The first kappa shape index (κ1) is 10.2. The van der Waals surface area contributed by atoms with E-state index < -0.39 is 0 Å². The van der Waals surface area contributed by atoms with Crippen LogP contribution in [0.15, 0.2) is 4.79 Å². The van der Waals surface area contributed by atoms with E-state index in [1.165, 1.54) is 0 Å². The lowest BCUT2D eigenvalue weighted by Crippen LogP contribution is -2.13. The molecule has 1 aliphatic carbocycles. The van der Waals surface area contributed by atoms with Gasteiger partial charge >= 0.3 is 0 Å². The van der Waals surface area contributed by atoms with Crippen LogP contribution in [0, 0.1) is 4.77 Å². The van der Waals surface area contributed by atoms with Gasteiger partial charge in [-0.15, -0.1) is 0 Å². The van der Waals surface area contributed by atoms with Crippen molar-refractivity contribution in [3.05, 3.63) is 26.4 Å². The first-order valence-corrected chi connectivity index (χ1v) is 5.02. The number of aromatic nitrogens is 2. The molecule has 13 heavy (non-hydrogen) atoms. The predicted octanol–water partition coefficient (Wildman–Crippen LogP) is 1.95. The lowest BCUT2D eigenvalue weighted by Gasteiger charge is -1.95. The molecule has 4 heteroatoms. The van der Waals surface area contributed by atoms with Gasteiger partial charge in [-0.2, -0.15) is 0 Å². The maximum absolute atomic E-state index is 11.2. The second-order valence-corrected chi connectivity index (χ2v) is 3.13. The van der Waals surface area contributed by atoms with Crippen LogP contribution in [0.5, 0.6) is 0 Å². The molecule has 0 atom stereocenters. The van der Waals surface area contributed by atoms with Gasteiger partial charge in [0, 0.05) is 11.3 Å². The van der Waals surface area contributed by atoms with E-state index in [2.05, 4.69) is 9.97 Å². The van der Waals surface area contributed by atoms with Crippen molar-refractivity contribution in [1.29, 1.82) is 0 Å². The molecule has 0 aromatic carbocycles. The van der Waals surface area contributed by atoms with Gasteiger partial charge in [-0.1, -0.05) is 13.8 Å². The molecule has 72 valence electrons. The van der Waals surface area contributed by atoms with Crippen molar-refractivity contribution in [2.24, 2.45) is 0 Å². The number of hydrogen-bond acceptors (Lipinski definition) is 2. The highest BCUT2D eigenvalue weighted by molar-refractivity contribution is 7.71. The fourth-order valence-electron chi connectivity index (χ4n) is 1.48. The molecule has 1 heterocycles. The minimum atomic E-state index is -0.0127. The van der Waals surface area contributed by atoms with Crippen molar-refractivity contribution in [2.45, 2.75) is 33.1 Å². The van der Waals surface area contributed by atoms with Crippen molar-refractivity contribution < 1.29 is 0 Å². The van der Waals surface area contributed by atoms with E-state index >= 15 is 0 Å². The summed E-state index contributed by atoms with van der Waals surface area (Å²) in [6, 6.07) is 0. The molecular weight excluding hydrogens is 184 g/mol. The lowest BCUT2D eigenvalue weighted by atomic mass is 10.3. The Kier molecular flexibility index (Phi) is 3.42. The average molecular weight is 198 g/mol. The van der Waals surface area contributed by atoms with Gasteiger partial charge < -0.3 is 4.98 Å². The largest absolute Gasteiger partial charge is 0.336 e. The topological polar surface area (TPSA) is 48.6 Å². The number of rotatable bonds is 0. The first-order chi connectivity index (χ1) is 6.27. The highest BCUT2D eigenvalue weighted by Crippen LogP contribution is 2.14. The first-order valence-electron chi connectivity index (χ1n) is 4.62. The third-order valence-corrected chi connectivity index (χ3v) is 2.19. The molecular formula is C9H14N2OS. The Labute approximate surface area is 82.2 Å². The summed E-state index contributed by atoms with van der Waals surface area (Å²) in [5.41, 5.74) is 1.90. The van der Waals surface area contributed by atoms with Crippen molar-refractivity contribution in [3.63, 3.8) is 0 Å². The van der Waals surface area contributed by atoms with Crippen LogP contribution in [0.1, 0.15) is 31.5 Å². The van der Waals surface area contributed by atoms with Gasteiger partial charge in [-0.3, -0.25) is 9.78 Å². The van der Waals surface area contributed by atoms with Crippen molar-refractivity contribution in [2.75, 3.05) is 0 Å². The van der Waals surface area contributed by atoms with Gasteiger partial charge in [-0.25, -0.2) is 0 Å². The fourth-order valence-corrected chi connectivity index (χ4v) is 1.69. The number of hydrogen-bond donors (Lipinski definition) is 2. The fraction of sp³-hybridized carbons (Fsp3) is 0.556. The van der Waals surface area contributed by atoms with Crippen LogP contribution < -0.4 is 5.56 Å². The summed E-state index contributed by atoms with van der Waals surface area (Å²) >= 11 is 4.83. The van der Waals surface area contributed by atoms with E-state index in [1.807, 2.05) is 13.8 Å². The zero-order valence-corrected chi connectivity index (χ0v) is 8.75. The van der Waals surface area contributed by atoms with E-state index in [1.54, 1.807) is 0 Å². The van der Waals surface area contributed by atoms with Crippen molar-refractivity contribution in [3.8, 4) is 0 Å². The minimum Gasteiger partial charge on any atom is -0.336 e. The summed E-state index contributed by atoms with van der Waals surface area (Å²) in [7, 11) is 0. The number of aryl methyl sites for hydroxylation is 1. The standard InChI is InChI=1S/C7H8N2OS.C2H6/c10-6-4-2-1-3-5(4)8-7(11)9-6;1-2/h1-3H2,(H2,8,9,10,11);1-2H3. The molecule has 0 saturated heterocycles. The van der Waals surface area contributed by atoms with Crippen LogP contribution in [0.4, 0.5) is 0 Å². The third-order valence-electron chi connectivity index (χ3n) is 1.98. The van der Waals surface area contributed by atoms with E-state index in [-0.39, 0.29) is 5.56 Å². The summed E-state index contributed by atoms with van der Waals surface area (Å²) in [5, 5.41) is 0. The number of fused-ring (bicyclic) bond motifs is 1. The second-order valence-electron chi connectivity index (χ2n) is 2.72. The monoisotopic (exact) mass is 198 g/mol. The molecule has 1 aromatic heterocycles. The quantitative estimate of drug-likeness (QED) is 0.626. The SMILES string of the molecule is CC.O=c1[nH]c(=S)[nH]c2c1CCC2. The van der Waals surface area contributed by atoms with Crippen LogP contribution in [-0.4, -0.2) is 9.97 Å². The Morgan fingerprint density at radius 3 is 2.62 bits per heavy atom. The maximum Gasteiger partial charge on any atom is 0.255 e. The predicted molar refractivity (Wildman–Crippen MR) is 55.6 cm³/mol. The molecule has 0 amide bonds. The normalized spacial score (nSPS) is 13.1. The molecule has 0 aliphatic heterocycles. The second kappa shape index (κ2) is 4.37. The molecule has 3 nitrogen and oxygen atoms in total. The highest BCUT2D eigenvalue weighted by Gasteiger charge is 2.13. The molecule has 0 fully saturated rings. The summed E-state index contributed by atoms with van der Waals surface area (Å²) in [6.07, 6.45) is 2.91. The molecule has 2 rings (SSSR count). The van der Waals surface area contributed by atoms with Gasteiger partial charge in [0.1, 0.15) is 0 Å². The molecule has 1 aliphatic rings. The Hall–Kier alpha value is -0.900. The third kappa shape index (κ3) is 2.06. The highest BCUT2D eigenvalue weighted by atomic mass is 32.1. The molecule has 0 bridgehead atoms. The van der Waals surface area contributed by atoms with Gasteiger partial charge in [0.2, 0.25) is 0 Å². The molecule has 0 unspecified atom stereocenters. The zero-order chi connectivity index (χ0) is 9.84. The summed E-state index contributed by atoms with van der Waals surface area (Å²) in [5.74, 6) is 0. The Balaban J connectivity index is 0.000000396.